The van der Waals surface area contributed by atoms with E-state index >= 15 is 0 Å². The molecule has 0 fully saturated rings. The number of nitrogens with two attached hydrogens (primary N) is 1. The van der Waals surface area contributed by atoms with Gasteiger partial charge in [-0.05, 0) is 17.7 Å². The molecule has 0 radical (unpaired) electrons. The number of amides is 1. The molecule has 4 N–H and O–H groups in total. The minimum Gasteiger partial charge on any atom is -0.496 e. The van der Waals surface area contributed by atoms with Crippen LogP contribution in [0, 0.1) is 0 Å². The number of nitrogen functional groups attached to an aromatic ring is 1. The Hall–Kier alpha value is -4.24. The number of allylic oxidation sites excluding steroid dienone is 1. The molecule has 0 saturated heterocycles. The molecule has 2 aromatic carbocycles. The molecule has 2 heterocycles. The van der Waals surface area contributed by atoms with Gasteiger partial charge in [0.05, 0.1) is 30.2 Å². The lowest BCUT2D eigenvalue weighted by atomic mass is 10.1. The summed E-state index contributed by atoms with van der Waals surface area (Å²) in [6.07, 6.45) is 5.13. The van der Waals surface area contributed by atoms with Gasteiger partial charge in [-0.25, -0.2) is 14.6 Å². The average molecular weight is 457 g/mol. The van der Waals surface area contributed by atoms with E-state index in [2.05, 4.69) is 15.3 Å². The van der Waals surface area contributed by atoms with Crippen molar-refractivity contribution in [1.29, 1.82) is 0 Å². The van der Waals surface area contributed by atoms with E-state index in [-0.39, 0.29) is 11.9 Å². The summed E-state index contributed by atoms with van der Waals surface area (Å²) >= 11 is 0. The number of anilines is 1. The number of para-hydroxylation sites is 1. The van der Waals surface area contributed by atoms with Crippen molar-refractivity contribution in [2.75, 3.05) is 12.8 Å². The number of fused-ring (bicyclic) bond motifs is 1. The molecule has 0 saturated carbocycles. The smallest absolute Gasteiger partial charge is 0.255 e. The van der Waals surface area contributed by atoms with E-state index < -0.39 is 6.10 Å². The lowest BCUT2D eigenvalue weighted by molar-refractivity contribution is 0.0948. The van der Waals surface area contributed by atoms with Crippen molar-refractivity contribution in [3.8, 4) is 17.0 Å². The first-order chi connectivity index (χ1) is 16.5. The summed E-state index contributed by atoms with van der Waals surface area (Å²) in [5.41, 5.74) is 9.76. The lowest BCUT2D eigenvalue weighted by Gasteiger charge is -2.10. The molecule has 2 atom stereocenters. The zero-order valence-corrected chi connectivity index (χ0v) is 18.5. The standard InChI is InChI=1S/C25H24N6O3/c1-34-20-5-3-2-4-19(20)25(33)27-13-15-6-8-16(9-7-15)22-21-23(26)28-14-29-24(21)31(30-22)17-10-11-18(32)12-17/h2-11,14,17-18,32H,12-13H2,1H3,(H,27,33)(H2,26,28,29)/t17-,18+/m0/s1. The number of rotatable bonds is 6. The van der Waals surface area contributed by atoms with Gasteiger partial charge in [-0.2, -0.15) is 5.10 Å². The predicted molar refractivity (Wildman–Crippen MR) is 128 cm³/mol. The molecule has 1 aliphatic rings. The molecule has 4 aromatic rings. The van der Waals surface area contributed by atoms with Crippen molar-refractivity contribution in [2.45, 2.75) is 25.1 Å². The van der Waals surface area contributed by atoms with Crippen LogP contribution in [-0.4, -0.2) is 44.0 Å². The van der Waals surface area contributed by atoms with Gasteiger partial charge >= 0.3 is 0 Å². The Morgan fingerprint density at radius 2 is 1.97 bits per heavy atom. The first-order valence-corrected chi connectivity index (χ1v) is 10.9. The van der Waals surface area contributed by atoms with Crippen LogP contribution in [0.2, 0.25) is 0 Å². The number of carbonyl (C=O) groups excluding carboxylic acids is 1. The quantitative estimate of drug-likeness (QED) is 0.381. The van der Waals surface area contributed by atoms with Gasteiger partial charge in [0.15, 0.2) is 5.65 Å². The van der Waals surface area contributed by atoms with Gasteiger partial charge in [-0.1, -0.05) is 48.6 Å². The normalized spacial score (nSPS) is 17.2. The number of methoxy groups -OCH3 is 1. The first-order valence-electron chi connectivity index (χ1n) is 10.9. The molecule has 1 aliphatic carbocycles. The van der Waals surface area contributed by atoms with Crippen LogP contribution in [0.25, 0.3) is 22.3 Å². The molecule has 1 amide bonds. The zero-order chi connectivity index (χ0) is 23.7. The highest BCUT2D eigenvalue weighted by molar-refractivity contribution is 5.98. The fraction of sp³-hybridized carbons (Fsp3) is 0.200. The maximum absolute atomic E-state index is 12.6. The summed E-state index contributed by atoms with van der Waals surface area (Å²) in [4.78, 5) is 21.1. The van der Waals surface area contributed by atoms with E-state index in [0.29, 0.717) is 46.8 Å². The highest BCUT2D eigenvalue weighted by Gasteiger charge is 2.25. The Labute approximate surface area is 195 Å². The Morgan fingerprint density at radius 3 is 2.71 bits per heavy atom. The van der Waals surface area contributed by atoms with Gasteiger partial charge in [0.25, 0.3) is 5.91 Å². The topological polar surface area (TPSA) is 128 Å². The van der Waals surface area contributed by atoms with Gasteiger partial charge in [0.1, 0.15) is 23.6 Å². The molecule has 34 heavy (non-hydrogen) atoms. The zero-order valence-electron chi connectivity index (χ0n) is 18.5. The lowest BCUT2D eigenvalue weighted by Crippen LogP contribution is -2.23. The van der Waals surface area contributed by atoms with Crippen LogP contribution in [0.5, 0.6) is 5.75 Å². The third-order valence-corrected chi connectivity index (χ3v) is 5.90. The van der Waals surface area contributed by atoms with Crippen molar-refractivity contribution in [3.63, 3.8) is 0 Å². The van der Waals surface area contributed by atoms with Gasteiger partial charge in [-0.15, -0.1) is 0 Å². The molecular weight excluding hydrogens is 432 g/mol. The number of hydrogen-bond acceptors (Lipinski definition) is 7. The highest BCUT2D eigenvalue weighted by Crippen LogP contribution is 2.34. The minimum absolute atomic E-state index is 0.106. The average Bonchev–Trinajstić information content (AvgIpc) is 3.47. The molecule has 9 nitrogen and oxygen atoms in total. The van der Waals surface area contributed by atoms with Crippen LogP contribution in [0.1, 0.15) is 28.4 Å². The van der Waals surface area contributed by atoms with Crippen molar-refractivity contribution in [3.05, 3.63) is 78.1 Å². The third-order valence-electron chi connectivity index (χ3n) is 5.90. The number of nitrogens with one attached hydrogen (secondary N) is 1. The van der Waals surface area contributed by atoms with Gasteiger partial charge < -0.3 is 20.9 Å². The fourth-order valence-electron chi connectivity index (χ4n) is 4.16. The molecule has 0 spiro atoms. The summed E-state index contributed by atoms with van der Waals surface area (Å²) in [5.74, 6) is 0.673. The van der Waals surface area contributed by atoms with Crippen LogP contribution < -0.4 is 15.8 Å². The van der Waals surface area contributed by atoms with Gasteiger partial charge in [0.2, 0.25) is 0 Å². The fourth-order valence-corrected chi connectivity index (χ4v) is 4.16. The van der Waals surface area contributed by atoms with Crippen molar-refractivity contribution < 1.29 is 14.6 Å². The molecule has 0 bridgehead atoms. The van der Waals surface area contributed by atoms with Gasteiger partial charge in [0, 0.05) is 18.5 Å². The molecule has 9 heteroatoms. The number of aliphatic hydroxyl groups is 1. The van der Waals surface area contributed by atoms with E-state index in [1.54, 1.807) is 36.1 Å². The Morgan fingerprint density at radius 1 is 1.18 bits per heavy atom. The minimum atomic E-state index is -0.503. The Bertz CT molecular complexity index is 1380. The van der Waals surface area contributed by atoms with Crippen LogP contribution in [0.15, 0.2) is 67.0 Å². The number of aromatic nitrogens is 4. The highest BCUT2D eigenvalue weighted by atomic mass is 16.5. The first kappa shape index (κ1) is 21.6. The van der Waals surface area contributed by atoms with E-state index in [4.69, 9.17) is 15.6 Å². The molecule has 0 unspecified atom stereocenters. The van der Waals surface area contributed by atoms with E-state index in [1.807, 2.05) is 36.4 Å². The monoisotopic (exact) mass is 456 g/mol. The summed E-state index contributed by atoms with van der Waals surface area (Å²) in [7, 11) is 1.54. The van der Waals surface area contributed by atoms with Crippen LogP contribution in [-0.2, 0) is 6.54 Å². The Kier molecular flexibility index (Phi) is 5.69. The van der Waals surface area contributed by atoms with Crippen molar-refractivity contribution >= 4 is 22.8 Å². The summed E-state index contributed by atoms with van der Waals surface area (Å²) < 4.78 is 7.05. The van der Waals surface area contributed by atoms with Gasteiger partial charge in [-0.3, -0.25) is 4.79 Å². The maximum atomic E-state index is 12.6. The van der Waals surface area contributed by atoms with Crippen LogP contribution >= 0.6 is 0 Å². The number of hydrogen-bond donors (Lipinski definition) is 3. The Balaban J connectivity index is 1.39. The summed E-state index contributed by atoms with van der Waals surface area (Å²) in [6, 6.07) is 14.7. The van der Waals surface area contributed by atoms with Crippen LogP contribution in [0.3, 0.4) is 0 Å². The number of aliphatic hydroxyl groups excluding tert-OH is 1. The second-order valence-electron chi connectivity index (χ2n) is 8.09. The molecule has 2 aromatic heterocycles. The molecule has 0 aliphatic heterocycles. The van der Waals surface area contributed by atoms with Crippen molar-refractivity contribution in [2.24, 2.45) is 0 Å². The number of carbonyl (C=O) groups is 1. The summed E-state index contributed by atoms with van der Waals surface area (Å²) in [5, 5.41) is 18.3. The van der Waals surface area contributed by atoms with E-state index in [9.17, 15) is 9.90 Å². The van der Waals surface area contributed by atoms with E-state index in [0.717, 1.165) is 11.1 Å². The van der Waals surface area contributed by atoms with E-state index in [1.165, 1.54) is 6.33 Å². The third kappa shape index (κ3) is 3.97. The van der Waals surface area contributed by atoms with Crippen molar-refractivity contribution in [1.82, 2.24) is 25.1 Å². The largest absolute Gasteiger partial charge is 0.496 e. The number of nitrogens with zero attached hydrogens (tertiary/aromatic N) is 4. The molecular formula is C25H24N6O3. The summed E-state index contributed by atoms with van der Waals surface area (Å²) in [6.45, 7) is 0.363. The second kappa shape index (κ2) is 8.95. The molecule has 172 valence electrons. The number of benzene rings is 2. The second-order valence-corrected chi connectivity index (χ2v) is 8.09. The van der Waals surface area contributed by atoms with Crippen LogP contribution in [0.4, 0.5) is 5.82 Å². The number of ether oxygens (including phenoxy) is 1. The maximum Gasteiger partial charge on any atom is 0.255 e. The SMILES string of the molecule is COc1ccccc1C(=O)NCc1ccc(-c2nn([C@H]3C=C[C@@H](O)C3)c3ncnc(N)c23)cc1. The molecule has 5 rings (SSSR count). The predicted octanol–water partition coefficient (Wildman–Crippen LogP) is 2.88.